The van der Waals surface area contributed by atoms with Gasteiger partial charge >= 0.3 is 0 Å². The highest BCUT2D eigenvalue weighted by Crippen LogP contribution is 2.63. The SMILES string of the molecule is C=C[C@@H](CO)[C@@]12OC(C)(C)O[C@@H]1[C@H]1C[C@@H](O)[C@@H]2[C@@H](COCc2ccccc2)[C@@H]1COCOCC[Si](C)(C)C. The molecule has 0 aromatic heterocycles. The smallest absolute Gasteiger partial charge is 0.164 e. The van der Waals surface area contributed by atoms with Crippen molar-refractivity contribution in [3.63, 3.8) is 0 Å². The van der Waals surface area contributed by atoms with E-state index in [9.17, 15) is 10.2 Å². The first kappa shape index (κ1) is 29.9. The second kappa shape index (κ2) is 12.2. The summed E-state index contributed by atoms with van der Waals surface area (Å²) in [4.78, 5) is 0. The topological polar surface area (TPSA) is 86.6 Å². The highest BCUT2D eigenvalue weighted by Gasteiger charge is 2.72. The predicted molar refractivity (Wildman–Crippen MR) is 149 cm³/mol. The summed E-state index contributed by atoms with van der Waals surface area (Å²) in [6.07, 6.45) is 1.47. The predicted octanol–water partition coefficient (Wildman–Crippen LogP) is 4.46. The normalized spacial score (nSPS) is 34.7. The van der Waals surface area contributed by atoms with Gasteiger partial charge in [0.2, 0.25) is 0 Å². The molecule has 0 unspecified atom stereocenters. The molecule has 1 aromatic carbocycles. The molecule has 0 radical (unpaired) electrons. The van der Waals surface area contributed by atoms with Gasteiger partial charge < -0.3 is 33.9 Å². The fraction of sp³-hybridized carbons (Fsp3) is 0.733. The van der Waals surface area contributed by atoms with Crippen LogP contribution in [0.3, 0.4) is 0 Å². The Hall–Kier alpha value is -1.10. The molecular weight excluding hydrogens is 500 g/mol. The van der Waals surface area contributed by atoms with Gasteiger partial charge in [0.25, 0.3) is 0 Å². The largest absolute Gasteiger partial charge is 0.396 e. The molecule has 38 heavy (non-hydrogen) atoms. The van der Waals surface area contributed by atoms with Crippen molar-refractivity contribution in [2.24, 2.45) is 29.6 Å². The zero-order chi connectivity index (χ0) is 27.6. The molecule has 4 fully saturated rings. The van der Waals surface area contributed by atoms with Gasteiger partial charge in [-0.25, -0.2) is 0 Å². The van der Waals surface area contributed by atoms with E-state index in [-0.39, 0.29) is 49.1 Å². The Morgan fingerprint density at radius 3 is 2.47 bits per heavy atom. The Labute approximate surface area is 229 Å². The van der Waals surface area contributed by atoms with Crippen molar-refractivity contribution in [1.82, 2.24) is 0 Å². The second-order valence-electron chi connectivity index (χ2n) is 12.9. The number of aliphatic hydroxyl groups excluding tert-OH is 2. The Balaban J connectivity index is 1.55. The standard InChI is InChI=1S/C30H48O7Si/c1-7-22(16-31)30-27-25(19-34-17-21-11-9-8-10-12-21)24(18-35-20-33-13-14-38(4,5)6)23(15-26(27)32)28(30)36-29(2,3)37-30/h7-12,22-28,31-32H,1,13-20H2,2-6H3/t22-,23-,24+,25-,26+,27-,28+,30-/m0/s1. The van der Waals surface area contributed by atoms with E-state index < -0.39 is 25.6 Å². The van der Waals surface area contributed by atoms with Crippen molar-refractivity contribution in [3.8, 4) is 0 Å². The van der Waals surface area contributed by atoms with Gasteiger partial charge in [0, 0.05) is 26.5 Å². The molecule has 1 aliphatic heterocycles. The van der Waals surface area contributed by atoms with Crippen molar-refractivity contribution < 1.29 is 33.9 Å². The molecular formula is C30H48O7Si. The molecule has 8 atom stereocenters. The van der Waals surface area contributed by atoms with Gasteiger partial charge in [-0.05, 0) is 49.6 Å². The molecule has 2 bridgehead atoms. The average Bonchev–Trinajstić information content (AvgIpc) is 3.15. The van der Waals surface area contributed by atoms with Crippen LogP contribution in [0.25, 0.3) is 0 Å². The maximum absolute atomic E-state index is 11.5. The van der Waals surface area contributed by atoms with Crippen LogP contribution >= 0.6 is 0 Å². The van der Waals surface area contributed by atoms with E-state index in [1.54, 1.807) is 6.08 Å². The van der Waals surface area contributed by atoms with Gasteiger partial charge in [-0.15, -0.1) is 6.58 Å². The van der Waals surface area contributed by atoms with E-state index in [0.717, 1.165) is 11.6 Å². The monoisotopic (exact) mass is 548 g/mol. The average molecular weight is 549 g/mol. The van der Waals surface area contributed by atoms with Crippen LogP contribution in [0.5, 0.6) is 0 Å². The molecule has 1 heterocycles. The summed E-state index contributed by atoms with van der Waals surface area (Å²) in [7, 11) is -1.16. The molecule has 0 spiro atoms. The minimum atomic E-state index is -1.16. The number of rotatable bonds is 14. The molecule has 4 aliphatic rings. The summed E-state index contributed by atoms with van der Waals surface area (Å²) in [5, 5.41) is 21.9. The lowest BCUT2D eigenvalue weighted by molar-refractivity contribution is -0.256. The number of aliphatic hydroxyl groups is 2. The van der Waals surface area contributed by atoms with Crippen LogP contribution in [0.1, 0.15) is 25.8 Å². The minimum absolute atomic E-state index is 0.0157. The molecule has 3 saturated carbocycles. The van der Waals surface area contributed by atoms with E-state index in [0.29, 0.717) is 32.8 Å². The van der Waals surface area contributed by atoms with E-state index in [4.69, 9.17) is 23.7 Å². The second-order valence-corrected chi connectivity index (χ2v) is 18.6. The zero-order valence-corrected chi connectivity index (χ0v) is 24.8. The summed E-state index contributed by atoms with van der Waals surface area (Å²) in [6.45, 7) is 17.1. The van der Waals surface area contributed by atoms with Crippen molar-refractivity contribution in [1.29, 1.82) is 0 Å². The first-order valence-electron chi connectivity index (χ1n) is 14.1. The summed E-state index contributed by atoms with van der Waals surface area (Å²) in [6, 6.07) is 11.2. The summed E-state index contributed by atoms with van der Waals surface area (Å²) in [5.74, 6) is -1.48. The van der Waals surface area contributed by atoms with E-state index >= 15 is 0 Å². The van der Waals surface area contributed by atoms with Crippen LogP contribution in [0.15, 0.2) is 43.0 Å². The molecule has 3 aliphatic carbocycles. The highest BCUT2D eigenvalue weighted by molar-refractivity contribution is 6.76. The minimum Gasteiger partial charge on any atom is -0.396 e. The van der Waals surface area contributed by atoms with Gasteiger partial charge in [0.1, 0.15) is 12.4 Å². The summed E-state index contributed by atoms with van der Waals surface area (Å²) >= 11 is 0. The lowest BCUT2D eigenvalue weighted by atomic mass is 9.48. The van der Waals surface area contributed by atoms with Crippen LogP contribution in [0, 0.1) is 29.6 Å². The van der Waals surface area contributed by atoms with Crippen LogP contribution in [0.4, 0.5) is 0 Å². The summed E-state index contributed by atoms with van der Waals surface area (Å²) < 4.78 is 31.4. The number of benzene rings is 1. The zero-order valence-electron chi connectivity index (χ0n) is 23.8. The van der Waals surface area contributed by atoms with Crippen LogP contribution < -0.4 is 0 Å². The Morgan fingerprint density at radius 2 is 1.82 bits per heavy atom. The quantitative estimate of drug-likeness (QED) is 0.154. The van der Waals surface area contributed by atoms with Gasteiger partial charge in [0.15, 0.2) is 5.79 Å². The lowest BCUT2D eigenvalue weighted by Crippen LogP contribution is -2.72. The molecule has 1 aromatic rings. The molecule has 1 saturated heterocycles. The van der Waals surface area contributed by atoms with E-state index in [1.807, 2.05) is 44.2 Å². The number of fused-ring (bicyclic) bond motifs is 2. The molecule has 214 valence electrons. The fourth-order valence-corrected chi connectivity index (χ4v) is 7.77. The van der Waals surface area contributed by atoms with E-state index in [2.05, 4.69) is 26.2 Å². The molecule has 0 amide bonds. The maximum atomic E-state index is 11.5. The number of ether oxygens (including phenoxy) is 5. The number of hydrogen-bond acceptors (Lipinski definition) is 7. The van der Waals surface area contributed by atoms with Crippen molar-refractivity contribution in [2.75, 3.05) is 33.2 Å². The maximum Gasteiger partial charge on any atom is 0.164 e. The summed E-state index contributed by atoms with van der Waals surface area (Å²) in [5.41, 5.74) is 0.221. The Morgan fingerprint density at radius 1 is 1.11 bits per heavy atom. The lowest BCUT2D eigenvalue weighted by Gasteiger charge is -2.62. The molecule has 5 rings (SSSR count). The third-order valence-electron chi connectivity index (χ3n) is 8.63. The third-order valence-corrected chi connectivity index (χ3v) is 10.3. The third kappa shape index (κ3) is 6.28. The molecule has 2 N–H and O–H groups in total. The van der Waals surface area contributed by atoms with Gasteiger partial charge in [-0.1, -0.05) is 56.0 Å². The first-order chi connectivity index (χ1) is 18.0. The number of hydrogen-bond donors (Lipinski definition) is 2. The molecule has 8 heteroatoms. The highest BCUT2D eigenvalue weighted by atomic mass is 28.3. The van der Waals surface area contributed by atoms with Crippen molar-refractivity contribution in [2.45, 2.75) is 76.2 Å². The Kier molecular flexibility index (Phi) is 9.58. The van der Waals surface area contributed by atoms with Crippen LogP contribution in [-0.4, -0.2) is 75.1 Å². The van der Waals surface area contributed by atoms with Gasteiger partial charge in [-0.3, -0.25) is 0 Å². The van der Waals surface area contributed by atoms with Crippen LogP contribution in [-0.2, 0) is 30.3 Å². The Bertz CT molecular complexity index is 904. The van der Waals surface area contributed by atoms with Gasteiger partial charge in [-0.2, -0.15) is 0 Å². The van der Waals surface area contributed by atoms with Crippen molar-refractivity contribution >= 4 is 8.07 Å². The first-order valence-corrected chi connectivity index (χ1v) is 17.8. The van der Waals surface area contributed by atoms with Gasteiger partial charge in [0.05, 0.1) is 38.6 Å². The van der Waals surface area contributed by atoms with E-state index in [1.165, 1.54) is 0 Å². The van der Waals surface area contributed by atoms with Crippen LogP contribution in [0.2, 0.25) is 25.7 Å². The van der Waals surface area contributed by atoms with Crippen molar-refractivity contribution in [3.05, 3.63) is 48.6 Å². The fourth-order valence-electron chi connectivity index (χ4n) is 7.02. The molecule has 7 nitrogen and oxygen atoms in total.